The van der Waals surface area contributed by atoms with Gasteiger partial charge in [0.1, 0.15) is 5.25 Å². The Labute approximate surface area is 86.7 Å². The predicted octanol–water partition coefficient (Wildman–Crippen LogP) is -0.270. The quantitative estimate of drug-likeness (QED) is 0.681. The molecule has 1 atom stereocenters. The van der Waals surface area contributed by atoms with Gasteiger partial charge in [-0.05, 0) is 6.92 Å². The summed E-state index contributed by atoms with van der Waals surface area (Å²) in [5, 5.41) is 5.50. The van der Waals surface area contributed by atoms with Crippen LogP contribution in [0.3, 0.4) is 0 Å². The lowest BCUT2D eigenvalue weighted by Gasteiger charge is -2.04. The third-order valence-electron chi connectivity index (χ3n) is 1.72. The zero-order valence-corrected chi connectivity index (χ0v) is 8.98. The smallest absolute Gasteiger partial charge is 0.240 e. The van der Waals surface area contributed by atoms with Crippen LogP contribution in [0.4, 0.5) is 0 Å². The van der Waals surface area contributed by atoms with Gasteiger partial charge in [-0.25, -0.2) is 0 Å². The number of aliphatic imine (C=N–C) groups is 1. The fourth-order valence-corrected chi connectivity index (χ4v) is 2.02. The van der Waals surface area contributed by atoms with Crippen molar-refractivity contribution in [2.75, 3.05) is 13.6 Å². The molecule has 2 amide bonds. The molecule has 2 N–H and O–H groups in total. The van der Waals surface area contributed by atoms with Gasteiger partial charge >= 0.3 is 0 Å². The Balaban J connectivity index is 2.46. The molecular formula is C8H13N3O2S. The summed E-state index contributed by atoms with van der Waals surface area (Å²) in [4.78, 5) is 26.3. The molecule has 6 heteroatoms. The summed E-state index contributed by atoms with van der Waals surface area (Å²) in [6.45, 7) is 2.44. The molecule has 0 aromatic rings. The van der Waals surface area contributed by atoms with Crippen LogP contribution < -0.4 is 10.6 Å². The minimum atomic E-state index is -0.333. The van der Waals surface area contributed by atoms with Crippen molar-refractivity contribution < 1.29 is 9.59 Å². The zero-order chi connectivity index (χ0) is 10.6. The second-order valence-electron chi connectivity index (χ2n) is 2.78. The van der Waals surface area contributed by atoms with Crippen molar-refractivity contribution in [3.05, 3.63) is 0 Å². The molecule has 1 aliphatic heterocycles. The van der Waals surface area contributed by atoms with Gasteiger partial charge in [-0.15, -0.1) is 0 Å². The van der Waals surface area contributed by atoms with Crippen LogP contribution in [-0.4, -0.2) is 35.8 Å². The first-order valence-electron chi connectivity index (χ1n) is 4.38. The minimum Gasteiger partial charge on any atom is -0.356 e. The van der Waals surface area contributed by atoms with Gasteiger partial charge in [0.2, 0.25) is 11.8 Å². The van der Waals surface area contributed by atoms with Crippen molar-refractivity contribution in [2.45, 2.75) is 18.6 Å². The van der Waals surface area contributed by atoms with E-state index in [0.29, 0.717) is 11.7 Å². The SMILES string of the molecule is CCNC(=O)C[C@H]1SC(=NC)NC1=O. The molecular weight excluding hydrogens is 202 g/mol. The topological polar surface area (TPSA) is 70.6 Å². The molecule has 78 valence electrons. The van der Waals surface area contributed by atoms with Crippen molar-refractivity contribution in [1.29, 1.82) is 0 Å². The maximum absolute atomic E-state index is 11.3. The van der Waals surface area contributed by atoms with Crippen LogP contribution in [-0.2, 0) is 9.59 Å². The molecule has 0 bridgehead atoms. The van der Waals surface area contributed by atoms with Crippen LogP contribution in [0.25, 0.3) is 0 Å². The number of amides is 2. The van der Waals surface area contributed by atoms with Gasteiger partial charge in [0, 0.05) is 20.0 Å². The predicted molar refractivity (Wildman–Crippen MR) is 56.2 cm³/mol. The van der Waals surface area contributed by atoms with Gasteiger partial charge in [-0.3, -0.25) is 14.6 Å². The van der Waals surface area contributed by atoms with E-state index in [9.17, 15) is 9.59 Å². The average Bonchev–Trinajstić information content (AvgIpc) is 2.48. The highest BCUT2D eigenvalue weighted by molar-refractivity contribution is 8.15. The summed E-state index contributed by atoms with van der Waals surface area (Å²) >= 11 is 1.30. The Morgan fingerprint density at radius 3 is 2.93 bits per heavy atom. The van der Waals surface area contributed by atoms with Crippen LogP contribution in [0.5, 0.6) is 0 Å². The lowest BCUT2D eigenvalue weighted by molar-refractivity contribution is -0.125. The fourth-order valence-electron chi connectivity index (χ4n) is 1.08. The Bertz CT molecular complexity index is 278. The van der Waals surface area contributed by atoms with E-state index in [2.05, 4.69) is 15.6 Å². The highest BCUT2D eigenvalue weighted by Crippen LogP contribution is 2.21. The Hall–Kier alpha value is -1.04. The van der Waals surface area contributed by atoms with E-state index in [1.807, 2.05) is 6.92 Å². The van der Waals surface area contributed by atoms with Crippen LogP contribution >= 0.6 is 11.8 Å². The van der Waals surface area contributed by atoms with Crippen molar-refractivity contribution in [1.82, 2.24) is 10.6 Å². The first-order valence-corrected chi connectivity index (χ1v) is 5.26. The van der Waals surface area contributed by atoms with E-state index in [-0.39, 0.29) is 23.5 Å². The molecule has 0 spiro atoms. The number of hydrogen-bond donors (Lipinski definition) is 2. The maximum Gasteiger partial charge on any atom is 0.240 e. The lowest BCUT2D eigenvalue weighted by Crippen LogP contribution is -2.31. The summed E-state index contributed by atoms with van der Waals surface area (Å²) in [5.41, 5.74) is 0. The normalized spacial score (nSPS) is 23.7. The minimum absolute atomic E-state index is 0.0995. The molecule has 0 aromatic heterocycles. The standard InChI is InChI=1S/C8H13N3O2S/c1-3-10-6(12)4-5-7(13)11-8(9-2)14-5/h5H,3-4H2,1-2H3,(H,10,12)(H,9,11,13)/t5-/m1/s1. The summed E-state index contributed by atoms with van der Waals surface area (Å²) in [6.07, 6.45) is 0.212. The van der Waals surface area contributed by atoms with Crippen LogP contribution in [0.15, 0.2) is 4.99 Å². The molecule has 14 heavy (non-hydrogen) atoms. The first kappa shape index (κ1) is 11.0. The van der Waals surface area contributed by atoms with Gasteiger partial charge in [0.05, 0.1) is 0 Å². The maximum atomic E-state index is 11.3. The van der Waals surface area contributed by atoms with Crippen LogP contribution in [0.1, 0.15) is 13.3 Å². The summed E-state index contributed by atoms with van der Waals surface area (Å²) in [6, 6.07) is 0. The summed E-state index contributed by atoms with van der Waals surface area (Å²) in [5.74, 6) is -0.237. The van der Waals surface area contributed by atoms with E-state index in [4.69, 9.17) is 0 Å². The van der Waals surface area contributed by atoms with Gasteiger partial charge < -0.3 is 10.6 Å². The second kappa shape index (κ2) is 4.99. The number of rotatable bonds is 3. The summed E-state index contributed by atoms with van der Waals surface area (Å²) in [7, 11) is 1.61. The number of hydrogen-bond acceptors (Lipinski definition) is 4. The second-order valence-corrected chi connectivity index (χ2v) is 3.97. The highest BCUT2D eigenvalue weighted by atomic mass is 32.2. The van der Waals surface area contributed by atoms with E-state index in [0.717, 1.165) is 0 Å². The number of carbonyl (C=O) groups excluding carboxylic acids is 2. The lowest BCUT2D eigenvalue weighted by atomic mass is 10.3. The molecule has 1 fully saturated rings. The molecule has 1 rings (SSSR count). The van der Waals surface area contributed by atoms with Gasteiger partial charge in [0.25, 0.3) is 0 Å². The van der Waals surface area contributed by atoms with E-state index in [1.165, 1.54) is 11.8 Å². The van der Waals surface area contributed by atoms with E-state index in [1.54, 1.807) is 7.05 Å². The Morgan fingerprint density at radius 2 is 2.43 bits per heavy atom. The fraction of sp³-hybridized carbons (Fsp3) is 0.625. The third kappa shape index (κ3) is 2.73. The highest BCUT2D eigenvalue weighted by Gasteiger charge is 2.31. The number of nitrogens with zero attached hydrogens (tertiary/aromatic N) is 1. The van der Waals surface area contributed by atoms with Crippen molar-refractivity contribution in [2.24, 2.45) is 4.99 Å². The average molecular weight is 215 g/mol. The number of nitrogens with one attached hydrogen (secondary N) is 2. The van der Waals surface area contributed by atoms with Crippen LogP contribution in [0, 0.1) is 0 Å². The molecule has 0 aromatic carbocycles. The first-order chi connectivity index (χ1) is 6.67. The molecule has 1 saturated heterocycles. The molecule has 0 unspecified atom stereocenters. The van der Waals surface area contributed by atoms with Crippen molar-refractivity contribution in [3.8, 4) is 0 Å². The number of thioether (sulfide) groups is 1. The molecule has 1 aliphatic rings. The van der Waals surface area contributed by atoms with Crippen LogP contribution in [0.2, 0.25) is 0 Å². The van der Waals surface area contributed by atoms with Gasteiger partial charge in [-0.2, -0.15) is 0 Å². The zero-order valence-electron chi connectivity index (χ0n) is 8.16. The molecule has 1 heterocycles. The number of carbonyl (C=O) groups is 2. The van der Waals surface area contributed by atoms with Crippen molar-refractivity contribution in [3.63, 3.8) is 0 Å². The van der Waals surface area contributed by atoms with E-state index < -0.39 is 0 Å². The molecule has 0 radical (unpaired) electrons. The monoisotopic (exact) mass is 215 g/mol. The largest absolute Gasteiger partial charge is 0.356 e. The third-order valence-corrected chi connectivity index (χ3v) is 2.90. The number of amidine groups is 1. The Morgan fingerprint density at radius 1 is 1.71 bits per heavy atom. The molecule has 0 aliphatic carbocycles. The molecule has 0 saturated carbocycles. The van der Waals surface area contributed by atoms with E-state index >= 15 is 0 Å². The summed E-state index contributed by atoms with van der Waals surface area (Å²) < 4.78 is 0. The van der Waals surface area contributed by atoms with Gasteiger partial charge in [0.15, 0.2) is 5.17 Å². The van der Waals surface area contributed by atoms with Crippen molar-refractivity contribution >= 4 is 28.7 Å². The van der Waals surface area contributed by atoms with Gasteiger partial charge in [-0.1, -0.05) is 11.8 Å². The molecule has 5 nitrogen and oxygen atoms in total. The Kier molecular flexibility index (Phi) is 3.94.